The molecule has 1 aliphatic rings. The number of nitrogens with one attached hydrogen (secondary N) is 2. The van der Waals surface area contributed by atoms with Gasteiger partial charge in [0.2, 0.25) is 0 Å². The lowest BCUT2D eigenvalue weighted by molar-refractivity contribution is -0.148. The minimum Gasteiger partial charge on any atom is -0.479 e. The molecule has 1 aromatic rings. The Morgan fingerprint density at radius 1 is 1.52 bits per heavy atom. The van der Waals surface area contributed by atoms with Gasteiger partial charge in [-0.1, -0.05) is 0 Å². The summed E-state index contributed by atoms with van der Waals surface area (Å²) in [5.41, 5.74) is 0.558. The number of ether oxygens (including phenoxy) is 1. The van der Waals surface area contributed by atoms with E-state index >= 15 is 0 Å². The first-order valence-corrected chi connectivity index (χ1v) is 7.05. The van der Waals surface area contributed by atoms with Gasteiger partial charge in [0, 0.05) is 19.3 Å². The number of amides is 1. The Kier molecular flexibility index (Phi) is 5.35. The van der Waals surface area contributed by atoms with E-state index in [4.69, 9.17) is 9.84 Å². The van der Waals surface area contributed by atoms with Crippen LogP contribution in [-0.2, 0) is 9.53 Å². The van der Waals surface area contributed by atoms with Crippen LogP contribution >= 0.6 is 0 Å². The number of carboxylic acid groups (broad SMARTS) is 1. The maximum atomic E-state index is 12.2. The third-order valence-electron chi connectivity index (χ3n) is 3.72. The molecule has 2 heterocycles. The van der Waals surface area contributed by atoms with Crippen molar-refractivity contribution in [1.82, 2.24) is 15.2 Å². The van der Waals surface area contributed by atoms with Crippen LogP contribution in [0.5, 0.6) is 0 Å². The first-order chi connectivity index (χ1) is 10.1. The van der Waals surface area contributed by atoms with E-state index < -0.39 is 12.1 Å². The zero-order valence-corrected chi connectivity index (χ0v) is 12.0. The van der Waals surface area contributed by atoms with E-state index in [1.807, 2.05) is 16.8 Å². The number of aromatic nitrogens is 1. The number of piperidine rings is 1. The fourth-order valence-corrected chi connectivity index (χ4v) is 2.54. The summed E-state index contributed by atoms with van der Waals surface area (Å²) >= 11 is 0. The lowest BCUT2D eigenvalue weighted by Crippen LogP contribution is -2.39. The molecule has 3 N–H and O–H groups in total. The van der Waals surface area contributed by atoms with Crippen LogP contribution in [0, 0.1) is 0 Å². The Labute approximate surface area is 123 Å². The van der Waals surface area contributed by atoms with Gasteiger partial charge in [0.05, 0.1) is 6.54 Å². The van der Waals surface area contributed by atoms with Crippen molar-refractivity contribution in [2.75, 3.05) is 26.7 Å². The maximum Gasteiger partial charge on any atom is 0.334 e. The van der Waals surface area contributed by atoms with E-state index in [9.17, 15) is 9.59 Å². The molecule has 0 radical (unpaired) electrons. The van der Waals surface area contributed by atoms with Crippen LogP contribution in [0.1, 0.15) is 29.4 Å². The average Bonchev–Trinajstić information content (AvgIpc) is 2.97. The van der Waals surface area contributed by atoms with Gasteiger partial charge in [0.25, 0.3) is 5.91 Å². The summed E-state index contributed by atoms with van der Waals surface area (Å²) in [6.45, 7) is 1.82. The molecule has 1 aliphatic heterocycles. The number of hydrogen-bond donors (Lipinski definition) is 3. The fourth-order valence-electron chi connectivity index (χ4n) is 2.54. The van der Waals surface area contributed by atoms with Gasteiger partial charge in [-0.3, -0.25) is 4.79 Å². The van der Waals surface area contributed by atoms with Crippen molar-refractivity contribution < 1.29 is 19.4 Å². The Morgan fingerprint density at radius 2 is 2.24 bits per heavy atom. The van der Waals surface area contributed by atoms with E-state index in [1.54, 1.807) is 6.07 Å². The summed E-state index contributed by atoms with van der Waals surface area (Å²) in [4.78, 5) is 23.1. The molecule has 21 heavy (non-hydrogen) atoms. The highest BCUT2D eigenvalue weighted by molar-refractivity contribution is 5.93. The summed E-state index contributed by atoms with van der Waals surface area (Å²) in [7, 11) is 1.31. The SMILES string of the molecule is COC(CNC(=O)c1cccn1C1CCNCC1)C(=O)O. The normalized spacial score (nSPS) is 17.4. The Bertz CT molecular complexity index is 494. The first kappa shape index (κ1) is 15.5. The highest BCUT2D eigenvalue weighted by Crippen LogP contribution is 2.21. The summed E-state index contributed by atoms with van der Waals surface area (Å²) in [6.07, 6.45) is 2.82. The van der Waals surface area contributed by atoms with Crippen molar-refractivity contribution in [1.29, 1.82) is 0 Å². The number of carboxylic acids is 1. The van der Waals surface area contributed by atoms with E-state index in [2.05, 4.69) is 10.6 Å². The molecule has 1 unspecified atom stereocenters. The predicted octanol–water partition coefficient (Wildman–Crippen LogP) is 0.242. The van der Waals surface area contributed by atoms with Crippen LogP contribution in [0.15, 0.2) is 18.3 Å². The predicted molar refractivity (Wildman–Crippen MR) is 76.3 cm³/mol. The van der Waals surface area contributed by atoms with Gasteiger partial charge in [0.15, 0.2) is 6.10 Å². The molecule has 116 valence electrons. The number of carbonyl (C=O) groups excluding carboxylic acids is 1. The van der Waals surface area contributed by atoms with Crippen molar-refractivity contribution in [3.63, 3.8) is 0 Å². The second kappa shape index (κ2) is 7.24. The third kappa shape index (κ3) is 3.83. The largest absolute Gasteiger partial charge is 0.479 e. The topological polar surface area (TPSA) is 92.6 Å². The van der Waals surface area contributed by atoms with Gasteiger partial charge in [-0.15, -0.1) is 0 Å². The van der Waals surface area contributed by atoms with Crippen LogP contribution in [0.4, 0.5) is 0 Å². The molecule has 1 aromatic heterocycles. The van der Waals surface area contributed by atoms with Crippen LogP contribution < -0.4 is 10.6 Å². The van der Waals surface area contributed by atoms with Gasteiger partial charge < -0.3 is 25.0 Å². The Hall–Kier alpha value is -1.86. The van der Waals surface area contributed by atoms with Crippen molar-refractivity contribution >= 4 is 11.9 Å². The Morgan fingerprint density at radius 3 is 2.86 bits per heavy atom. The molecule has 1 saturated heterocycles. The van der Waals surface area contributed by atoms with Crippen molar-refractivity contribution in [2.45, 2.75) is 25.0 Å². The molecule has 0 bridgehead atoms. The van der Waals surface area contributed by atoms with Gasteiger partial charge in [0.1, 0.15) is 5.69 Å². The molecule has 1 fully saturated rings. The molecule has 0 spiro atoms. The maximum absolute atomic E-state index is 12.2. The summed E-state index contributed by atoms with van der Waals surface area (Å²) in [5, 5.41) is 14.8. The quantitative estimate of drug-likeness (QED) is 0.699. The third-order valence-corrected chi connectivity index (χ3v) is 3.72. The minimum absolute atomic E-state index is 0.0535. The number of aliphatic carboxylic acids is 1. The lowest BCUT2D eigenvalue weighted by atomic mass is 10.1. The highest BCUT2D eigenvalue weighted by Gasteiger charge is 2.22. The smallest absolute Gasteiger partial charge is 0.334 e. The molecule has 7 heteroatoms. The van der Waals surface area contributed by atoms with Crippen LogP contribution in [-0.4, -0.2) is 54.4 Å². The summed E-state index contributed by atoms with van der Waals surface area (Å²) < 4.78 is 6.77. The van der Waals surface area contributed by atoms with E-state index in [0.717, 1.165) is 25.9 Å². The van der Waals surface area contributed by atoms with E-state index in [0.29, 0.717) is 11.7 Å². The zero-order chi connectivity index (χ0) is 15.2. The van der Waals surface area contributed by atoms with Gasteiger partial charge in [-0.25, -0.2) is 4.79 Å². The van der Waals surface area contributed by atoms with E-state index in [-0.39, 0.29) is 12.5 Å². The number of carbonyl (C=O) groups is 2. The molecule has 0 aliphatic carbocycles. The van der Waals surface area contributed by atoms with Crippen molar-refractivity contribution in [3.8, 4) is 0 Å². The fraction of sp³-hybridized carbons (Fsp3) is 0.571. The Balaban J connectivity index is 1.99. The zero-order valence-electron chi connectivity index (χ0n) is 12.0. The average molecular weight is 295 g/mol. The lowest BCUT2D eigenvalue weighted by Gasteiger charge is -2.26. The molecule has 0 saturated carbocycles. The summed E-state index contributed by atoms with van der Waals surface area (Å²) in [5.74, 6) is -1.37. The molecule has 0 aromatic carbocycles. The molecule has 2 rings (SSSR count). The molecule has 1 amide bonds. The van der Waals surface area contributed by atoms with Crippen LogP contribution in [0.3, 0.4) is 0 Å². The van der Waals surface area contributed by atoms with Crippen molar-refractivity contribution in [3.05, 3.63) is 24.0 Å². The molecule has 1 atom stereocenters. The summed E-state index contributed by atoms with van der Waals surface area (Å²) in [6, 6.07) is 3.89. The molecular formula is C14H21N3O4. The highest BCUT2D eigenvalue weighted by atomic mass is 16.5. The second-order valence-electron chi connectivity index (χ2n) is 5.05. The van der Waals surface area contributed by atoms with Gasteiger partial charge in [-0.05, 0) is 38.1 Å². The van der Waals surface area contributed by atoms with Crippen LogP contribution in [0.2, 0.25) is 0 Å². The van der Waals surface area contributed by atoms with Gasteiger partial charge in [-0.2, -0.15) is 0 Å². The number of methoxy groups -OCH3 is 1. The monoisotopic (exact) mass is 295 g/mol. The van der Waals surface area contributed by atoms with Crippen LogP contribution in [0.25, 0.3) is 0 Å². The molecular weight excluding hydrogens is 274 g/mol. The number of nitrogens with zero attached hydrogens (tertiary/aromatic N) is 1. The van der Waals surface area contributed by atoms with Gasteiger partial charge >= 0.3 is 5.97 Å². The second-order valence-corrected chi connectivity index (χ2v) is 5.05. The number of rotatable bonds is 6. The van der Waals surface area contributed by atoms with Crippen molar-refractivity contribution in [2.24, 2.45) is 0 Å². The van der Waals surface area contributed by atoms with E-state index in [1.165, 1.54) is 7.11 Å². The standard InChI is InChI=1S/C14H21N3O4/c1-21-12(14(19)20)9-16-13(18)11-3-2-8-17(11)10-4-6-15-7-5-10/h2-3,8,10,12,15H,4-7,9H2,1H3,(H,16,18)(H,19,20). The number of hydrogen-bond acceptors (Lipinski definition) is 4. The molecule has 7 nitrogen and oxygen atoms in total. The minimum atomic E-state index is -1.09. The first-order valence-electron chi connectivity index (χ1n) is 7.05.